The lowest BCUT2D eigenvalue weighted by Crippen LogP contribution is -2.22. The lowest BCUT2D eigenvalue weighted by atomic mass is 10.1. The average molecular weight is 325 g/mol. The van der Waals surface area contributed by atoms with Gasteiger partial charge in [0.15, 0.2) is 0 Å². The Bertz CT molecular complexity index is 740. The van der Waals surface area contributed by atoms with E-state index < -0.39 is 0 Å². The number of phenolic OH excluding ortho intramolecular Hbond substituents is 1. The molecule has 124 valence electrons. The van der Waals surface area contributed by atoms with E-state index in [0.29, 0.717) is 36.3 Å². The smallest absolute Gasteiger partial charge is 0.220 e. The van der Waals surface area contributed by atoms with Crippen LogP contribution < -0.4 is 5.32 Å². The number of aryl methyl sites for hydroxylation is 1. The Balaban J connectivity index is 2.08. The van der Waals surface area contributed by atoms with E-state index in [1.807, 2.05) is 6.92 Å². The lowest BCUT2D eigenvalue weighted by molar-refractivity contribution is -0.120. The van der Waals surface area contributed by atoms with Gasteiger partial charge in [0.1, 0.15) is 17.7 Å². The van der Waals surface area contributed by atoms with Crippen LogP contribution >= 0.6 is 0 Å². The number of aromatic hydroxyl groups is 1. The van der Waals surface area contributed by atoms with Gasteiger partial charge in [0.2, 0.25) is 5.91 Å². The minimum absolute atomic E-state index is 0.0102. The standard InChI is InChI=1S/C18H19N3O3/c1-2-19-18(24)10-6-13-5-9-17(23)16(11-13)21-20-15-7-3-14(12-22)4-8-15/h3-5,7-9,11-12,23H,2,6,10H2,1H3,(H,19,24). The van der Waals surface area contributed by atoms with Gasteiger partial charge in [-0.15, -0.1) is 5.11 Å². The topological polar surface area (TPSA) is 91.1 Å². The van der Waals surface area contributed by atoms with Crippen molar-refractivity contribution in [2.24, 2.45) is 10.2 Å². The summed E-state index contributed by atoms with van der Waals surface area (Å²) in [7, 11) is 0. The first-order chi connectivity index (χ1) is 11.6. The Hall–Kier alpha value is -3.02. The van der Waals surface area contributed by atoms with Crippen LogP contribution in [0.1, 0.15) is 29.3 Å². The minimum Gasteiger partial charge on any atom is -0.506 e. The van der Waals surface area contributed by atoms with Crippen LogP contribution in [0.25, 0.3) is 0 Å². The second kappa shape index (κ2) is 8.57. The number of rotatable bonds is 7. The van der Waals surface area contributed by atoms with Crippen LogP contribution in [-0.4, -0.2) is 23.8 Å². The van der Waals surface area contributed by atoms with Crippen molar-refractivity contribution in [2.45, 2.75) is 19.8 Å². The fraction of sp³-hybridized carbons (Fsp3) is 0.222. The number of hydrogen-bond acceptors (Lipinski definition) is 5. The van der Waals surface area contributed by atoms with Gasteiger partial charge in [-0.3, -0.25) is 9.59 Å². The van der Waals surface area contributed by atoms with Crippen molar-refractivity contribution in [3.8, 4) is 5.75 Å². The normalized spacial score (nSPS) is 10.7. The zero-order chi connectivity index (χ0) is 17.4. The van der Waals surface area contributed by atoms with Crippen LogP contribution in [0.5, 0.6) is 5.75 Å². The van der Waals surface area contributed by atoms with Gasteiger partial charge in [0.25, 0.3) is 0 Å². The molecule has 2 N–H and O–H groups in total. The quantitative estimate of drug-likeness (QED) is 0.601. The van der Waals surface area contributed by atoms with E-state index in [9.17, 15) is 14.7 Å². The van der Waals surface area contributed by atoms with Gasteiger partial charge in [0, 0.05) is 18.5 Å². The van der Waals surface area contributed by atoms with Crippen LogP contribution in [0.15, 0.2) is 52.7 Å². The van der Waals surface area contributed by atoms with Crippen molar-refractivity contribution in [2.75, 3.05) is 6.54 Å². The summed E-state index contributed by atoms with van der Waals surface area (Å²) in [5.74, 6) is 0.00837. The summed E-state index contributed by atoms with van der Waals surface area (Å²) in [4.78, 5) is 22.1. The molecule has 2 aromatic rings. The largest absolute Gasteiger partial charge is 0.506 e. The molecule has 2 rings (SSSR count). The molecule has 0 saturated carbocycles. The van der Waals surface area contributed by atoms with Gasteiger partial charge in [-0.1, -0.05) is 6.07 Å². The summed E-state index contributed by atoms with van der Waals surface area (Å²) in [6.07, 6.45) is 1.69. The molecule has 0 aromatic heterocycles. The minimum atomic E-state index is -0.0102. The molecule has 0 spiro atoms. The Morgan fingerprint density at radius 2 is 1.92 bits per heavy atom. The summed E-state index contributed by atoms with van der Waals surface area (Å²) >= 11 is 0. The SMILES string of the molecule is CCNC(=O)CCc1ccc(O)c(N=Nc2ccc(C=O)cc2)c1. The molecule has 0 heterocycles. The maximum Gasteiger partial charge on any atom is 0.220 e. The fourth-order valence-electron chi connectivity index (χ4n) is 2.08. The molecule has 0 unspecified atom stereocenters. The van der Waals surface area contributed by atoms with Gasteiger partial charge in [0.05, 0.1) is 5.69 Å². The van der Waals surface area contributed by atoms with E-state index in [1.54, 1.807) is 36.4 Å². The predicted molar refractivity (Wildman–Crippen MR) is 91.1 cm³/mol. The molecule has 0 aliphatic rings. The predicted octanol–water partition coefficient (Wildman–Crippen LogP) is 3.69. The number of phenols is 1. The van der Waals surface area contributed by atoms with Gasteiger partial charge < -0.3 is 10.4 Å². The zero-order valence-electron chi connectivity index (χ0n) is 13.4. The molecular formula is C18H19N3O3. The Morgan fingerprint density at radius 1 is 1.17 bits per heavy atom. The highest BCUT2D eigenvalue weighted by atomic mass is 16.3. The maximum atomic E-state index is 11.5. The average Bonchev–Trinajstić information content (AvgIpc) is 2.60. The van der Waals surface area contributed by atoms with Crippen LogP contribution in [0.3, 0.4) is 0 Å². The number of amides is 1. The molecule has 0 bridgehead atoms. The molecule has 0 atom stereocenters. The molecular weight excluding hydrogens is 306 g/mol. The van der Waals surface area contributed by atoms with Crippen molar-refractivity contribution in [1.29, 1.82) is 0 Å². The Morgan fingerprint density at radius 3 is 2.58 bits per heavy atom. The first kappa shape index (κ1) is 17.3. The lowest BCUT2D eigenvalue weighted by Gasteiger charge is -2.04. The molecule has 24 heavy (non-hydrogen) atoms. The number of aldehydes is 1. The van der Waals surface area contributed by atoms with Gasteiger partial charge >= 0.3 is 0 Å². The molecule has 6 heteroatoms. The van der Waals surface area contributed by atoms with Crippen LogP contribution in [0, 0.1) is 0 Å². The Kier molecular flexibility index (Phi) is 6.19. The van der Waals surface area contributed by atoms with Crippen LogP contribution in [0.4, 0.5) is 11.4 Å². The van der Waals surface area contributed by atoms with E-state index in [2.05, 4.69) is 15.5 Å². The number of azo groups is 1. The van der Waals surface area contributed by atoms with Gasteiger partial charge in [-0.25, -0.2) is 0 Å². The summed E-state index contributed by atoms with van der Waals surface area (Å²) in [5, 5.41) is 20.7. The highest BCUT2D eigenvalue weighted by Crippen LogP contribution is 2.29. The molecule has 0 aliphatic heterocycles. The molecule has 0 fully saturated rings. The second-order valence-corrected chi connectivity index (χ2v) is 5.19. The number of nitrogens with zero attached hydrogens (tertiary/aromatic N) is 2. The molecule has 0 saturated heterocycles. The second-order valence-electron chi connectivity index (χ2n) is 5.19. The molecule has 2 aromatic carbocycles. The first-order valence-corrected chi connectivity index (χ1v) is 7.68. The van der Waals surface area contributed by atoms with Crippen molar-refractivity contribution < 1.29 is 14.7 Å². The zero-order valence-corrected chi connectivity index (χ0v) is 13.4. The van der Waals surface area contributed by atoms with Crippen LogP contribution in [0.2, 0.25) is 0 Å². The third-order valence-corrected chi connectivity index (χ3v) is 3.36. The Labute approximate surface area is 140 Å². The monoisotopic (exact) mass is 325 g/mol. The first-order valence-electron chi connectivity index (χ1n) is 7.68. The molecule has 6 nitrogen and oxygen atoms in total. The van der Waals surface area contributed by atoms with E-state index in [-0.39, 0.29) is 11.7 Å². The number of carbonyl (C=O) groups excluding carboxylic acids is 2. The van der Waals surface area contributed by atoms with E-state index in [4.69, 9.17) is 0 Å². The summed E-state index contributed by atoms with van der Waals surface area (Å²) < 4.78 is 0. The van der Waals surface area contributed by atoms with E-state index >= 15 is 0 Å². The van der Waals surface area contributed by atoms with Crippen molar-refractivity contribution in [3.05, 3.63) is 53.6 Å². The number of nitrogens with one attached hydrogen (secondary N) is 1. The van der Waals surface area contributed by atoms with Crippen molar-refractivity contribution in [1.82, 2.24) is 5.32 Å². The van der Waals surface area contributed by atoms with E-state index in [0.717, 1.165) is 11.8 Å². The fourth-order valence-corrected chi connectivity index (χ4v) is 2.08. The summed E-state index contributed by atoms with van der Waals surface area (Å²) in [5.41, 5.74) is 2.36. The van der Waals surface area contributed by atoms with Crippen molar-refractivity contribution >= 4 is 23.6 Å². The highest BCUT2D eigenvalue weighted by molar-refractivity contribution is 5.76. The molecule has 0 radical (unpaired) electrons. The summed E-state index contributed by atoms with van der Waals surface area (Å²) in [6, 6.07) is 11.6. The number of benzene rings is 2. The van der Waals surface area contributed by atoms with E-state index in [1.165, 1.54) is 6.07 Å². The maximum absolute atomic E-state index is 11.5. The highest BCUT2D eigenvalue weighted by Gasteiger charge is 2.05. The van der Waals surface area contributed by atoms with Crippen LogP contribution in [-0.2, 0) is 11.2 Å². The molecule has 0 aliphatic carbocycles. The molecule has 1 amide bonds. The number of hydrogen-bond donors (Lipinski definition) is 2. The third kappa shape index (κ3) is 5.01. The van der Waals surface area contributed by atoms with Crippen molar-refractivity contribution in [3.63, 3.8) is 0 Å². The van der Waals surface area contributed by atoms with Gasteiger partial charge in [-0.2, -0.15) is 5.11 Å². The summed E-state index contributed by atoms with van der Waals surface area (Å²) in [6.45, 7) is 2.48. The number of carbonyl (C=O) groups is 2. The van der Waals surface area contributed by atoms with Gasteiger partial charge in [-0.05, 0) is 55.3 Å². The third-order valence-electron chi connectivity index (χ3n) is 3.36.